The van der Waals surface area contributed by atoms with Crippen LogP contribution in [0.3, 0.4) is 0 Å². The summed E-state index contributed by atoms with van der Waals surface area (Å²) < 4.78 is 10.6. The smallest absolute Gasteiger partial charge is 0.262 e. The minimum absolute atomic E-state index is 0.154. The van der Waals surface area contributed by atoms with Crippen LogP contribution < -0.4 is 20.1 Å². The first-order chi connectivity index (χ1) is 14.0. The summed E-state index contributed by atoms with van der Waals surface area (Å²) in [6, 6.07) is 12.0. The first kappa shape index (κ1) is 21.0. The average Bonchev–Trinajstić information content (AvgIpc) is 2.74. The molecule has 0 saturated heterocycles. The lowest BCUT2D eigenvalue weighted by Crippen LogP contribution is -2.36. The Balaban J connectivity index is 1.56. The van der Waals surface area contributed by atoms with E-state index in [2.05, 4.69) is 10.6 Å². The highest BCUT2D eigenvalue weighted by Gasteiger charge is 2.19. The van der Waals surface area contributed by atoms with Crippen LogP contribution in [0.1, 0.15) is 42.5 Å². The van der Waals surface area contributed by atoms with Crippen molar-refractivity contribution in [1.82, 2.24) is 5.32 Å². The predicted octanol–water partition coefficient (Wildman–Crippen LogP) is 4.43. The first-order valence-electron chi connectivity index (χ1n) is 9.72. The van der Waals surface area contributed by atoms with Crippen molar-refractivity contribution in [3.8, 4) is 11.5 Å². The Labute approximate surface area is 175 Å². The van der Waals surface area contributed by atoms with Gasteiger partial charge >= 0.3 is 0 Å². The van der Waals surface area contributed by atoms with E-state index in [1.165, 1.54) is 6.42 Å². The molecule has 0 aromatic heterocycles. The van der Waals surface area contributed by atoms with E-state index in [1.54, 1.807) is 49.6 Å². The molecule has 3 rings (SSSR count). The Morgan fingerprint density at radius 3 is 2.41 bits per heavy atom. The molecule has 0 spiro atoms. The van der Waals surface area contributed by atoms with Crippen LogP contribution in [-0.2, 0) is 4.79 Å². The number of rotatable bonds is 7. The maximum atomic E-state index is 12.6. The van der Waals surface area contributed by atoms with Crippen LogP contribution in [0, 0.1) is 0 Å². The molecular formula is C22H25ClN2O4. The summed E-state index contributed by atoms with van der Waals surface area (Å²) in [7, 11) is 1.58. The molecule has 154 valence electrons. The number of hydrogen-bond acceptors (Lipinski definition) is 4. The van der Waals surface area contributed by atoms with Crippen molar-refractivity contribution in [2.24, 2.45) is 0 Å². The summed E-state index contributed by atoms with van der Waals surface area (Å²) in [5.41, 5.74) is 0.845. The minimum Gasteiger partial charge on any atom is -0.497 e. The maximum absolute atomic E-state index is 12.6. The summed E-state index contributed by atoms with van der Waals surface area (Å²) in [6.07, 6.45) is 5.45. The van der Waals surface area contributed by atoms with E-state index in [4.69, 9.17) is 21.1 Å². The molecule has 1 saturated carbocycles. The molecule has 2 aromatic rings. The number of hydrogen-bond donors (Lipinski definition) is 2. The molecule has 0 bridgehead atoms. The monoisotopic (exact) mass is 416 g/mol. The molecular weight excluding hydrogens is 392 g/mol. The van der Waals surface area contributed by atoms with Crippen molar-refractivity contribution in [3.05, 3.63) is 53.1 Å². The lowest BCUT2D eigenvalue weighted by Gasteiger charge is -2.23. The normalized spacial score (nSPS) is 14.1. The summed E-state index contributed by atoms with van der Waals surface area (Å²) >= 11 is 6.20. The van der Waals surface area contributed by atoms with Crippen LogP contribution in [0.25, 0.3) is 0 Å². The first-order valence-corrected chi connectivity index (χ1v) is 10.1. The lowest BCUT2D eigenvalue weighted by atomic mass is 9.95. The molecule has 2 amide bonds. The standard InChI is InChI=1S/C22H25ClN2O4/c1-28-17-8-10-18(11-9-17)29-14-21(26)24-16-7-12-20(23)19(13-16)22(27)25-15-5-3-2-4-6-15/h7-13,15H,2-6,14H2,1H3,(H,24,26)(H,25,27). The molecule has 2 N–H and O–H groups in total. The van der Waals surface area contributed by atoms with Gasteiger partial charge in [0.05, 0.1) is 17.7 Å². The molecule has 2 aromatic carbocycles. The van der Waals surface area contributed by atoms with E-state index in [1.807, 2.05) is 0 Å². The topological polar surface area (TPSA) is 76.7 Å². The van der Waals surface area contributed by atoms with Crippen LogP contribution in [0.15, 0.2) is 42.5 Å². The zero-order valence-electron chi connectivity index (χ0n) is 16.4. The van der Waals surface area contributed by atoms with Gasteiger partial charge in [-0.3, -0.25) is 9.59 Å². The zero-order chi connectivity index (χ0) is 20.6. The quantitative estimate of drug-likeness (QED) is 0.700. The number of nitrogens with one attached hydrogen (secondary N) is 2. The number of amides is 2. The Morgan fingerprint density at radius 1 is 1.03 bits per heavy atom. The lowest BCUT2D eigenvalue weighted by molar-refractivity contribution is -0.118. The molecule has 0 unspecified atom stereocenters. The Morgan fingerprint density at radius 2 is 1.72 bits per heavy atom. The van der Waals surface area contributed by atoms with Gasteiger partial charge in [-0.05, 0) is 55.3 Å². The van der Waals surface area contributed by atoms with Crippen molar-refractivity contribution < 1.29 is 19.1 Å². The second-order valence-electron chi connectivity index (χ2n) is 7.02. The maximum Gasteiger partial charge on any atom is 0.262 e. The Bertz CT molecular complexity index is 848. The van der Waals surface area contributed by atoms with E-state index >= 15 is 0 Å². The number of benzene rings is 2. The van der Waals surface area contributed by atoms with Crippen molar-refractivity contribution in [1.29, 1.82) is 0 Å². The van der Waals surface area contributed by atoms with Gasteiger partial charge in [-0.25, -0.2) is 0 Å². The van der Waals surface area contributed by atoms with Gasteiger partial charge in [-0.15, -0.1) is 0 Å². The number of methoxy groups -OCH3 is 1. The second-order valence-corrected chi connectivity index (χ2v) is 7.42. The Kier molecular flexibility index (Phi) is 7.36. The van der Waals surface area contributed by atoms with E-state index in [9.17, 15) is 9.59 Å². The second kappa shape index (κ2) is 10.2. The molecule has 0 radical (unpaired) electrons. The van der Waals surface area contributed by atoms with Crippen LogP contribution in [-0.4, -0.2) is 31.6 Å². The van der Waals surface area contributed by atoms with Crippen LogP contribution in [0.2, 0.25) is 5.02 Å². The predicted molar refractivity (Wildman–Crippen MR) is 113 cm³/mol. The summed E-state index contributed by atoms with van der Waals surface area (Å²) in [5, 5.41) is 6.13. The van der Waals surface area contributed by atoms with Gasteiger partial charge in [0.15, 0.2) is 6.61 Å². The van der Waals surface area contributed by atoms with Gasteiger partial charge in [-0.2, -0.15) is 0 Å². The highest BCUT2D eigenvalue weighted by molar-refractivity contribution is 6.34. The summed E-state index contributed by atoms with van der Waals surface area (Å²) in [4.78, 5) is 24.8. The molecule has 0 atom stereocenters. The van der Waals surface area contributed by atoms with E-state index in [0.29, 0.717) is 27.8 Å². The fraction of sp³-hybridized carbons (Fsp3) is 0.364. The number of halogens is 1. The van der Waals surface area contributed by atoms with Crippen molar-refractivity contribution in [2.45, 2.75) is 38.1 Å². The minimum atomic E-state index is -0.332. The molecule has 7 heteroatoms. The summed E-state index contributed by atoms with van der Waals surface area (Å²) in [6.45, 7) is -0.154. The van der Waals surface area contributed by atoms with Gasteiger partial charge in [-0.1, -0.05) is 30.9 Å². The van der Waals surface area contributed by atoms with E-state index in [-0.39, 0.29) is 24.5 Å². The average molecular weight is 417 g/mol. The number of anilines is 1. The van der Waals surface area contributed by atoms with Crippen LogP contribution >= 0.6 is 11.6 Å². The third-order valence-electron chi connectivity index (χ3n) is 4.86. The SMILES string of the molecule is COc1ccc(OCC(=O)Nc2ccc(Cl)c(C(=O)NC3CCCCC3)c2)cc1. The largest absolute Gasteiger partial charge is 0.497 e. The molecule has 1 fully saturated rings. The van der Waals surface area contributed by atoms with Crippen LogP contribution in [0.5, 0.6) is 11.5 Å². The third-order valence-corrected chi connectivity index (χ3v) is 5.19. The van der Waals surface area contributed by atoms with Gasteiger partial charge in [0.25, 0.3) is 11.8 Å². The van der Waals surface area contributed by atoms with Gasteiger partial charge in [0.1, 0.15) is 11.5 Å². The number of carbonyl (C=O) groups excluding carboxylic acids is 2. The zero-order valence-corrected chi connectivity index (χ0v) is 17.1. The van der Waals surface area contributed by atoms with Crippen molar-refractivity contribution >= 4 is 29.1 Å². The molecule has 0 heterocycles. The fourth-order valence-corrected chi connectivity index (χ4v) is 3.51. The van der Waals surface area contributed by atoms with Crippen LogP contribution in [0.4, 0.5) is 5.69 Å². The van der Waals surface area contributed by atoms with Gasteiger partial charge in [0, 0.05) is 11.7 Å². The molecule has 0 aliphatic heterocycles. The van der Waals surface area contributed by atoms with E-state index < -0.39 is 0 Å². The highest BCUT2D eigenvalue weighted by atomic mass is 35.5. The Hall–Kier alpha value is -2.73. The number of carbonyl (C=O) groups is 2. The van der Waals surface area contributed by atoms with Gasteiger partial charge in [0.2, 0.25) is 0 Å². The van der Waals surface area contributed by atoms with Crippen molar-refractivity contribution in [3.63, 3.8) is 0 Å². The molecule has 1 aliphatic carbocycles. The number of ether oxygens (including phenoxy) is 2. The molecule has 29 heavy (non-hydrogen) atoms. The third kappa shape index (κ3) is 6.12. The van der Waals surface area contributed by atoms with Gasteiger partial charge < -0.3 is 20.1 Å². The van der Waals surface area contributed by atoms with E-state index in [0.717, 1.165) is 25.7 Å². The fourth-order valence-electron chi connectivity index (χ4n) is 3.31. The van der Waals surface area contributed by atoms with Crippen molar-refractivity contribution in [2.75, 3.05) is 19.0 Å². The molecule has 1 aliphatic rings. The summed E-state index contributed by atoms with van der Waals surface area (Å²) in [5.74, 6) is 0.723. The molecule has 6 nitrogen and oxygen atoms in total. The highest BCUT2D eigenvalue weighted by Crippen LogP contribution is 2.23.